The maximum atomic E-state index is 12.3. The summed E-state index contributed by atoms with van der Waals surface area (Å²) in [6.45, 7) is 8.67. The molecule has 3 rings (SSSR count). The first-order chi connectivity index (χ1) is 11.6. The van der Waals surface area contributed by atoms with E-state index in [0.717, 1.165) is 20.6 Å². The number of hydrogen-bond donors (Lipinski definition) is 0. The molecule has 0 aliphatic rings. The van der Waals surface area contributed by atoms with Crippen LogP contribution in [0.5, 0.6) is 0 Å². The normalized spacial score (nSPS) is 11.8. The van der Waals surface area contributed by atoms with Crippen LogP contribution < -0.4 is 4.80 Å². The van der Waals surface area contributed by atoms with Gasteiger partial charge >= 0.3 is 0 Å². The molecular formula is C20H20N2OS. The minimum Gasteiger partial charge on any atom is -0.312 e. The van der Waals surface area contributed by atoms with E-state index in [0.29, 0.717) is 13.0 Å². The van der Waals surface area contributed by atoms with E-state index in [1.165, 1.54) is 11.1 Å². The Morgan fingerprint density at radius 1 is 1.21 bits per heavy atom. The van der Waals surface area contributed by atoms with E-state index in [1.807, 2.05) is 36.4 Å². The number of aryl methyl sites for hydroxylation is 2. The molecule has 0 unspecified atom stereocenters. The minimum absolute atomic E-state index is 0.126. The summed E-state index contributed by atoms with van der Waals surface area (Å²) in [5.41, 5.74) is 4.57. The zero-order valence-electron chi connectivity index (χ0n) is 14.0. The van der Waals surface area contributed by atoms with Gasteiger partial charge < -0.3 is 4.57 Å². The number of fused-ring (bicyclic) bond motifs is 1. The van der Waals surface area contributed by atoms with Gasteiger partial charge in [0.05, 0.1) is 16.6 Å². The topological polar surface area (TPSA) is 34.4 Å². The lowest BCUT2D eigenvalue weighted by atomic mass is 10.1. The predicted molar refractivity (Wildman–Crippen MR) is 100 cm³/mol. The molecule has 0 bridgehead atoms. The lowest BCUT2D eigenvalue weighted by Crippen LogP contribution is -2.17. The summed E-state index contributed by atoms with van der Waals surface area (Å²) >= 11 is 1.55. The highest BCUT2D eigenvalue weighted by Crippen LogP contribution is 2.22. The van der Waals surface area contributed by atoms with Crippen LogP contribution in [0.2, 0.25) is 0 Å². The van der Waals surface area contributed by atoms with Crippen molar-refractivity contribution in [3.05, 3.63) is 76.6 Å². The van der Waals surface area contributed by atoms with Crippen LogP contribution in [-0.4, -0.2) is 10.5 Å². The van der Waals surface area contributed by atoms with E-state index in [1.54, 1.807) is 11.3 Å². The number of thiazole rings is 1. The number of rotatable bonds is 4. The van der Waals surface area contributed by atoms with E-state index in [4.69, 9.17) is 0 Å². The second-order valence-electron chi connectivity index (χ2n) is 5.86. The number of allylic oxidation sites excluding steroid dienone is 1. The number of carbonyl (C=O) groups excluding carboxylic acids is 1. The zero-order valence-corrected chi connectivity index (χ0v) is 14.8. The highest BCUT2D eigenvalue weighted by molar-refractivity contribution is 7.16. The summed E-state index contributed by atoms with van der Waals surface area (Å²) < 4.78 is 3.20. The first kappa shape index (κ1) is 16.4. The largest absolute Gasteiger partial charge is 0.312 e. The van der Waals surface area contributed by atoms with Gasteiger partial charge in [-0.05, 0) is 42.7 Å². The number of hydrogen-bond acceptors (Lipinski definition) is 2. The quantitative estimate of drug-likeness (QED) is 0.658. The molecule has 24 heavy (non-hydrogen) atoms. The molecule has 0 aliphatic heterocycles. The Kier molecular flexibility index (Phi) is 4.76. The third-order valence-electron chi connectivity index (χ3n) is 4.03. The van der Waals surface area contributed by atoms with Gasteiger partial charge in [0, 0.05) is 6.54 Å². The third kappa shape index (κ3) is 3.39. The lowest BCUT2D eigenvalue weighted by molar-refractivity contribution is -0.117. The SMILES string of the molecule is C=CCn1c(=NC(=O)Cc2ccccc2)sc2cc(C)c(C)cc21. The van der Waals surface area contributed by atoms with Crippen LogP contribution in [-0.2, 0) is 17.8 Å². The van der Waals surface area contributed by atoms with Gasteiger partial charge in [-0.25, -0.2) is 0 Å². The molecule has 0 aliphatic carbocycles. The molecule has 0 radical (unpaired) electrons. The fraction of sp³-hybridized carbons (Fsp3) is 0.200. The van der Waals surface area contributed by atoms with Gasteiger partial charge in [0.1, 0.15) is 0 Å². The highest BCUT2D eigenvalue weighted by Gasteiger charge is 2.09. The number of aromatic nitrogens is 1. The zero-order chi connectivity index (χ0) is 17.1. The van der Waals surface area contributed by atoms with Crippen molar-refractivity contribution < 1.29 is 4.79 Å². The fourth-order valence-electron chi connectivity index (χ4n) is 2.63. The van der Waals surface area contributed by atoms with Crippen molar-refractivity contribution >= 4 is 27.5 Å². The average molecular weight is 336 g/mol. The first-order valence-corrected chi connectivity index (χ1v) is 8.73. The molecule has 3 aromatic rings. The van der Waals surface area contributed by atoms with E-state index >= 15 is 0 Å². The van der Waals surface area contributed by atoms with Gasteiger partial charge in [0.2, 0.25) is 0 Å². The van der Waals surface area contributed by atoms with Gasteiger partial charge in [-0.2, -0.15) is 4.99 Å². The summed E-state index contributed by atoms with van der Waals surface area (Å²) in [7, 11) is 0. The second kappa shape index (κ2) is 6.97. The van der Waals surface area contributed by atoms with Crippen LogP contribution in [0, 0.1) is 13.8 Å². The lowest BCUT2D eigenvalue weighted by Gasteiger charge is -2.04. The van der Waals surface area contributed by atoms with Crippen molar-refractivity contribution in [3.63, 3.8) is 0 Å². The van der Waals surface area contributed by atoms with Crippen molar-refractivity contribution in [1.29, 1.82) is 0 Å². The van der Waals surface area contributed by atoms with Gasteiger partial charge in [0.25, 0.3) is 5.91 Å². The molecule has 1 heterocycles. The van der Waals surface area contributed by atoms with Crippen molar-refractivity contribution in [3.8, 4) is 0 Å². The fourth-order valence-corrected chi connectivity index (χ4v) is 3.77. The van der Waals surface area contributed by atoms with E-state index in [-0.39, 0.29) is 5.91 Å². The molecule has 0 fully saturated rings. The van der Waals surface area contributed by atoms with Gasteiger partial charge in [-0.1, -0.05) is 47.7 Å². The number of carbonyl (C=O) groups is 1. The average Bonchev–Trinajstić information content (AvgIpc) is 2.86. The molecule has 0 saturated carbocycles. The summed E-state index contributed by atoms with van der Waals surface area (Å²) in [4.78, 5) is 17.4. The second-order valence-corrected chi connectivity index (χ2v) is 6.87. The molecule has 1 amide bonds. The van der Waals surface area contributed by atoms with E-state index < -0.39 is 0 Å². The Hall–Kier alpha value is -2.46. The predicted octanol–water partition coefficient (Wildman–Crippen LogP) is 4.18. The highest BCUT2D eigenvalue weighted by atomic mass is 32.1. The van der Waals surface area contributed by atoms with Crippen molar-refractivity contribution in [2.24, 2.45) is 4.99 Å². The van der Waals surface area contributed by atoms with Crippen molar-refractivity contribution in [2.45, 2.75) is 26.8 Å². The van der Waals surface area contributed by atoms with E-state index in [9.17, 15) is 4.79 Å². The van der Waals surface area contributed by atoms with Crippen LogP contribution in [0.4, 0.5) is 0 Å². The molecule has 0 spiro atoms. The number of nitrogens with zero attached hydrogens (tertiary/aromatic N) is 2. The van der Waals surface area contributed by atoms with Crippen molar-refractivity contribution in [2.75, 3.05) is 0 Å². The number of benzene rings is 2. The molecule has 0 atom stereocenters. The van der Waals surface area contributed by atoms with Gasteiger partial charge in [-0.15, -0.1) is 6.58 Å². The number of amides is 1. The molecule has 0 saturated heterocycles. The molecule has 2 aromatic carbocycles. The summed E-state index contributed by atoms with van der Waals surface area (Å²) in [5, 5.41) is 0. The first-order valence-electron chi connectivity index (χ1n) is 7.91. The molecule has 3 nitrogen and oxygen atoms in total. The van der Waals surface area contributed by atoms with Gasteiger partial charge in [-0.3, -0.25) is 4.79 Å². The summed E-state index contributed by atoms with van der Waals surface area (Å²) in [6, 6.07) is 14.0. The Labute approximate surface area is 145 Å². The smallest absolute Gasteiger partial charge is 0.252 e. The third-order valence-corrected chi connectivity index (χ3v) is 5.07. The monoisotopic (exact) mass is 336 g/mol. The summed E-state index contributed by atoms with van der Waals surface area (Å²) in [6.07, 6.45) is 2.16. The standard InChI is InChI=1S/C20H20N2OS/c1-4-10-22-17-11-14(2)15(3)12-18(17)24-20(22)21-19(23)13-16-8-6-5-7-9-16/h4-9,11-12H,1,10,13H2,2-3H3. The maximum Gasteiger partial charge on any atom is 0.252 e. The van der Waals surface area contributed by atoms with Crippen LogP contribution in [0.15, 0.2) is 60.1 Å². The van der Waals surface area contributed by atoms with Crippen LogP contribution in [0.3, 0.4) is 0 Å². The maximum absolute atomic E-state index is 12.3. The molecule has 0 N–H and O–H groups in total. The van der Waals surface area contributed by atoms with Gasteiger partial charge in [0.15, 0.2) is 4.80 Å². The molecule has 1 aromatic heterocycles. The minimum atomic E-state index is -0.126. The Morgan fingerprint density at radius 2 is 1.92 bits per heavy atom. The van der Waals surface area contributed by atoms with Crippen LogP contribution >= 0.6 is 11.3 Å². The Bertz CT molecular complexity index is 964. The molecule has 122 valence electrons. The Morgan fingerprint density at radius 3 is 2.62 bits per heavy atom. The summed E-state index contributed by atoms with van der Waals surface area (Å²) in [5.74, 6) is -0.126. The van der Waals surface area contributed by atoms with Crippen LogP contribution in [0.1, 0.15) is 16.7 Å². The molecular weight excluding hydrogens is 316 g/mol. The Balaban J connectivity index is 2.05. The van der Waals surface area contributed by atoms with E-state index in [2.05, 4.69) is 42.1 Å². The van der Waals surface area contributed by atoms with Crippen molar-refractivity contribution in [1.82, 2.24) is 4.57 Å². The van der Waals surface area contributed by atoms with Crippen LogP contribution in [0.25, 0.3) is 10.2 Å². The molecule has 4 heteroatoms.